The number of nitrogens with zero attached hydrogens (tertiary/aromatic N) is 4. The number of imidazole rings is 1. The fraction of sp³-hybridized carbons (Fsp3) is 0.214. The number of fused-ring (bicyclic) bond motifs is 1. The van der Waals surface area contributed by atoms with Gasteiger partial charge in [0.1, 0.15) is 11.3 Å². The van der Waals surface area contributed by atoms with Crippen LogP contribution in [0.15, 0.2) is 36.7 Å². The lowest BCUT2D eigenvalue weighted by Gasteiger charge is -2.07. The number of hydrogen-bond donors (Lipinski definition) is 0. The van der Waals surface area contributed by atoms with Crippen LogP contribution in [-0.2, 0) is 12.4 Å². The van der Waals surface area contributed by atoms with E-state index in [9.17, 15) is 0 Å². The molecule has 0 amide bonds. The first kappa shape index (κ1) is 12.9. The first-order chi connectivity index (χ1) is 9.81. The molecule has 0 N–H and O–H groups in total. The fourth-order valence-corrected chi connectivity index (χ4v) is 2.29. The molecule has 0 fully saturated rings. The normalized spacial score (nSPS) is 10.9. The minimum Gasteiger partial charge on any atom is -0.481 e. The van der Waals surface area contributed by atoms with Gasteiger partial charge in [0.15, 0.2) is 5.65 Å². The molecule has 0 spiro atoms. The smallest absolute Gasteiger partial charge is 0.215 e. The van der Waals surface area contributed by atoms with E-state index in [4.69, 9.17) is 16.3 Å². The summed E-state index contributed by atoms with van der Waals surface area (Å²) in [5.74, 6) is 1.69. The zero-order valence-electron chi connectivity index (χ0n) is 11.0. The third-order valence-corrected chi connectivity index (χ3v) is 3.30. The van der Waals surface area contributed by atoms with Crippen molar-refractivity contribution in [2.24, 2.45) is 0 Å². The van der Waals surface area contributed by atoms with E-state index >= 15 is 0 Å². The molecule has 0 atom stereocenters. The van der Waals surface area contributed by atoms with E-state index in [1.807, 2.05) is 22.8 Å². The van der Waals surface area contributed by atoms with E-state index in [0.29, 0.717) is 18.3 Å². The van der Waals surface area contributed by atoms with Crippen LogP contribution in [0.2, 0.25) is 0 Å². The SMILES string of the molecule is COc1ccc2nc(CCl)n(Cc3ccncc3)c2n1. The largest absolute Gasteiger partial charge is 0.481 e. The van der Waals surface area contributed by atoms with Crippen molar-refractivity contribution < 1.29 is 4.74 Å². The summed E-state index contributed by atoms with van der Waals surface area (Å²) in [6.45, 7) is 0.654. The number of ether oxygens (including phenoxy) is 1. The molecule has 0 saturated carbocycles. The summed E-state index contributed by atoms with van der Waals surface area (Å²) in [4.78, 5) is 13.0. The van der Waals surface area contributed by atoms with Crippen molar-refractivity contribution in [1.82, 2.24) is 19.5 Å². The van der Waals surface area contributed by atoms with Crippen LogP contribution in [0, 0.1) is 0 Å². The molecule has 0 bridgehead atoms. The molecular weight excluding hydrogens is 276 g/mol. The Morgan fingerprint density at radius 2 is 1.95 bits per heavy atom. The molecule has 3 heterocycles. The average Bonchev–Trinajstić information content (AvgIpc) is 2.85. The van der Waals surface area contributed by atoms with E-state index < -0.39 is 0 Å². The number of halogens is 1. The summed E-state index contributed by atoms with van der Waals surface area (Å²) in [7, 11) is 1.60. The molecule has 3 rings (SSSR count). The van der Waals surface area contributed by atoms with Gasteiger partial charge in [0.05, 0.1) is 19.5 Å². The summed E-state index contributed by atoms with van der Waals surface area (Å²) in [5.41, 5.74) is 2.71. The van der Waals surface area contributed by atoms with E-state index in [0.717, 1.165) is 22.6 Å². The highest BCUT2D eigenvalue weighted by molar-refractivity contribution is 6.16. The van der Waals surface area contributed by atoms with Crippen molar-refractivity contribution in [2.45, 2.75) is 12.4 Å². The van der Waals surface area contributed by atoms with Gasteiger partial charge in [-0.1, -0.05) is 0 Å². The summed E-state index contributed by atoms with van der Waals surface area (Å²) < 4.78 is 7.18. The maximum Gasteiger partial charge on any atom is 0.215 e. The second-order valence-electron chi connectivity index (χ2n) is 4.30. The van der Waals surface area contributed by atoms with Crippen molar-refractivity contribution >= 4 is 22.8 Å². The van der Waals surface area contributed by atoms with Crippen molar-refractivity contribution in [3.8, 4) is 5.88 Å². The van der Waals surface area contributed by atoms with Gasteiger partial charge in [0.2, 0.25) is 5.88 Å². The van der Waals surface area contributed by atoms with Crippen LogP contribution in [0.25, 0.3) is 11.2 Å². The quantitative estimate of drug-likeness (QED) is 0.693. The lowest BCUT2D eigenvalue weighted by molar-refractivity contribution is 0.399. The van der Waals surface area contributed by atoms with Gasteiger partial charge in [-0.2, -0.15) is 4.98 Å². The Balaban J connectivity index is 2.11. The second kappa shape index (κ2) is 5.46. The topological polar surface area (TPSA) is 52.8 Å². The number of rotatable bonds is 4. The van der Waals surface area contributed by atoms with E-state index in [-0.39, 0.29) is 0 Å². The van der Waals surface area contributed by atoms with Crippen LogP contribution < -0.4 is 4.74 Å². The maximum atomic E-state index is 5.99. The Bertz CT molecular complexity index is 727. The van der Waals surface area contributed by atoms with Gasteiger partial charge in [-0.15, -0.1) is 11.6 Å². The number of alkyl halides is 1. The van der Waals surface area contributed by atoms with Gasteiger partial charge in [-0.3, -0.25) is 4.98 Å². The van der Waals surface area contributed by atoms with Crippen LogP contribution in [0.5, 0.6) is 5.88 Å². The molecule has 6 heteroatoms. The Morgan fingerprint density at radius 1 is 1.15 bits per heavy atom. The summed E-state index contributed by atoms with van der Waals surface area (Å²) in [5, 5.41) is 0. The van der Waals surface area contributed by atoms with E-state index in [2.05, 4.69) is 15.0 Å². The van der Waals surface area contributed by atoms with Crippen LogP contribution >= 0.6 is 11.6 Å². The minimum absolute atomic E-state index is 0.337. The fourth-order valence-electron chi connectivity index (χ4n) is 2.08. The van der Waals surface area contributed by atoms with Crippen molar-refractivity contribution in [3.05, 3.63) is 48.0 Å². The maximum absolute atomic E-state index is 5.99. The highest BCUT2D eigenvalue weighted by Crippen LogP contribution is 2.20. The predicted octanol–water partition coefficient (Wildman–Crippen LogP) is 2.62. The molecule has 0 radical (unpaired) electrons. The zero-order valence-corrected chi connectivity index (χ0v) is 11.7. The summed E-state index contributed by atoms with van der Waals surface area (Å²) in [6, 6.07) is 7.61. The molecule has 0 aliphatic rings. The molecule has 5 nitrogen and oxygen atoms in total. The van der Waals surface area contributed by atoms with Crippen LogP contribution in [0.4, 0.5) is 0 Å². The van der Waals surface area contributed by atoms with E-state index in [1.165, 1.54) is 0 Å². The van der Waals surface area contributed by atoms with Gasteiger partial charge >= 0.3 is 0 Å². The zero-order chi connectivity index (χ0) is 13.9. The van der Waals surface area contributed by atoms with Crippen LogP contribution in [0.1, 0.15) is 11.4 Å². The first-order valence-electron chi connectivity index (χ1n) is 6.17. The van der Waals surface area contributed by atoms with Crippen molar-refractivity contribution in [1.29, 1.82) is 0 Å². The minimum atomic E-state index is 0.337. The van der Waals surface area contributed by atoms with Crippen molar-refractivity contribution in [3.63, 3.8) is 0 Å². The van der Waals surface area contributed by atoms with Gasteiger partial charge in [-0.25, -0.2) is 4.98 Å². The summed E-state index contributed by atoms with van der Waals surface area (Å²) in [6.07, 6.45) is 3.53. The molecule has 3 aromatic heterocycles. The van der Waals surface area contributed by atoms with Gasteiger partial charge in [0, 0.05) is 18.5 Å². The number of methoxy groups -OCH3 is 1. The summed E-state index contributed by atoms with van der Waals surface area (Å²) >= 11 is 5.99. The monoisotopic (exact) mass is 288 g/mol. The van der Waals surface area contributed by atoms with Crippen LogP contribution in [-0.4, -0.2) is 26.6 Å². The third kappa shape index (κ3) is 2.32. The lowest BCUT2D eigenvalue weighted by atomic mass is 10.2. The Kier molecular flexibility index (Phi) is 3.52. The first-order valence-corrected chi connectivity index (χ1v) is 6.70. The van der Waals surface area contributed by atoms with Gasteiger partial charge < -0.3 is 9.30 Å². The van der Waals surface area contributed by atoms with E-state index in [1.54, 1.807) is 25.6 Å². The molecule has 0 aromatic carbocycles. The molecule has 0 saturated heterocycles. The molecule has 0 unspecified atom stereocenters. The second-order valence-corrected chi connectivity index (χ2v) is 4.57. The Morgan fingerprint density at radius 3 is 2.65 bits per heavy atom. The Hall–Kier alpha value is -2.14. The molecule has 20 heavy (non-hydrogen) atoms. The predicted molar refractivity (Wildman–Crippen MR) is 77.0 cm³/mol. The van der Waals surface area contributed by atoms with Crippen LogP contribution in [0.3, 0.4) is 0 Å². The standard InChI is InChI=1S/C14H13ClN4O/c1-20-13-3-2-11-14(18-13)19(12(8-15)17-11)9-10-4-6-16-7-5-10/h2-7H,8-9H2,1H3. The lowest BCUT2D eigenvalue weighted by Crippen LogP contribution is -2.05. The number of pyridine rings is 2. The molecular formula is C14H13ClN4O. The third-order valence-electron chi connectivity index (χ3n) is 3.06. The number of aromatic nitrogens is 4. The molecule has 0 aliphatic carbocycles. The Labute approximate surface area is 121 Å². The molecule has 0 aliphatic heterocycles. The van der Waals surface area contributed by atoms with Gasteiger partial charge in [-0.05, 0) is 23.8 Å². The highest BCUT2D eigenvalue weighted by atomic mass is 35.5. The van der Waals surface area contributed by atoms with Gasteiger partial charge in [0.25, 0.3) is 0 Å². The highest BCUT2D eigenvalue weighted by Gasteiger charge is 2.12. The molecule has 3 aromatic rings. The van der Waals surface area contributed by atoms with Crippen molar-refractivity contribution in [2.75, 3.05) is 7.11 Å². The molecule has 102 valence electrons. The average molecular weight is 289 g/mol. The number of hydrogen-bond acceptors (Lipinski definition) is 4.